The normalized spacial score (nSPS) is 12.7. The molecule has 5 rings (SSSR count). The van der Waals surface area contributed by atoms with E-state index in [4.69, 9.17) is 0 Å². The molecule has 0 radical (unpaired) electrons. The summed E-state index contributed by atoms with van der Waals surface area (Å²) in [5.41, 5.74) is 3.55. The van der Waals surface area contributed by atoms with E-state index in [1.807, 2.05) is 30.3 Å². The Balaban J connectivity index is 1.45. The minimum atomic E-state index is -0.467. The summed E-state index contributed by atoms with van der Waals surface area (Å²) in [6.07, 6.45) is 3.40. The van der Waals surface area contributed by atoms with E-state index in [1.165, 1.54) is 16.8 Å². The minimum absolute atomic E-state index is 0.178. The van der Waals surface area contributed by atoms with E-state index in [2.05, 4.69) is 25.7 Å². The molecule has 2 heterocycles. The summed E-state index contributed by atoms with van der Waals surface area (Å²) in [7, 11) is 0. The van der Waals surface area contributed by atoms with Gasteiger partial charge in [0.15, 0.2) is 0 Å². The Hall–Kier alpha value is -4.27. The van der Waals surface area contributed by atoms with Crippen molar-refractivity contribution in [2.75, 3.05) is 5.32 Å². The van der Waals surface area contributed by atoms with Crippen LogP contribution < -0.4 is 16.2 Å². The Morgan fingerprint density at radius 3 is 2.62 bits per heavy atom. The fraction of sp³-hybridized carbons (Fsp3) is 0.200. The molecule has 9 heteroatoms. The Bertz CT molecular complexity index is 1380. The predicted octanol–water partition coefficient (Wildman–Crippen LogP) is 3.96. The average molecular weight is 458 g/mol. The van der Waals surface area contributed by atoms with Crippen LogP contribution in [0.25, 0.3) is 17.2 Å². The highest BCUT2D eigenvalue weighted by atomic mass is 19.1. The zero-order chi connectivity index (χ0) is 23.5. The van der Waals surface area contributed by atoms with E-state index in [0.717, 1.165) is 41.6 Å². The Labute approximate surface area is 194 Å². The highest BCUT2D eigenvalue weighted by molar-refractivity contribution is 5.89. The number of nitrogens with zero attached hydrogens (tertiary/aromatic N) is 3. The number of halogens is 1. The van der Waals surface area contributed by atoms with Gasteiger partial charge in [-0.1, -0.05) is 42.5 Å². The van der Waals surface area contributed by atoms with E-state index >= 15 is 0 Å². The van der Waals surface area contributed by atoms with E-state index in [1.54, 1.807) is 18.2 Å². The molecule has 0 saturated heterocycles. The third kappa shape index (κ3) is 4.59. The molecule has 0 spiro atoms. The smallest absolute Gasteiger partial charge is 0.320 e. The number of amides is 2. The molecule has 0 bridgehead atoms. The number of urea groups is 1. The topological polar surface area (TPSA) is 105 Å². The van der Waals surface area contributed by atoms with E-state index in [9.17, 15) is 14.0 Å². The lowest BCUT2D eigenvalue weighted by Gasteiger charge is -2.15. The lowest BCUT2D eigenvalue weighted by atomic mass is 9.97. The lowest BCUT2D eigenvalue weighted by molar-refractivity contribution is 0.251. The number of carbonyl (C=O) groups excluding carboxylic acids is 1. The number of rotatable bonds is 5. The number of benzene rings is 2. The molecule has 0 fully saturated rings. The summed E-state index contributed by atoms with van der Waals surface area (Å²) in [5, 5.41) is 10.2. The number of aromatic amines is 1. The number of fused-ring (bicyclic) bond motifs is 1. The van der Waals surface area contributed by atoms with Gasteiger partial charge in [-0.25, -0.2) is 14.2 Å². The van der Waals surface area contributed by atoms with Crippen LogP contribution in [0.5, 0.6) is 0 Å². The van der Waals surface area contributed by atoms with Gasteiger partial charge < -0.3 is 5.32 Å². The third-order valence-corrected chi connectivity index (χ3v) is 5.77. The van der Waals surface area contributed by atoms with Crippen LogP contribution in [0.2, 0.25) is 0 Å². The first kappa shape index (κ1) is 21.6. The summed E-state index contributed by atoms with van der Waals surface area (Å²) in [6, 6.07) is 16.7. The Morgan fingerprint density at radius 2 is 1.82 bits per heavy atom. The maximum atomic E-state index is 13.1. The van der Waals surface area contributed by atoms with Crippen molar-refractivity contribution in [1.29, 1.82) is 0 Å². The molecule has 2 amide bonds. The standard InChI is InChI=1S/C25H23FN6O2/c26-18-12-10-16(11-13-18)15-27-25(34)29-22-14-21(17-6-2-1-3-7-17)31-32(22)24-28-20-9-5-4-8-19(20)23(33)30-24/h1-3,6-7,10-14H,4-5,8-9,15H2,(H2,27,29,34)(H,28,30,33). The number of anilines is 1. The van der Waals surface area contributed by atoms with E-state index in [0.29, 0.717) is 17.9 Å². The van der Waals surface area contributed by atoms with E-state index < -0.39 is 6.03 Å². The molecule has 8 nitrogen and oxygen atoms in total. The molecule has 2 aromatic heterocycles. The van der Waals surface area contributed by atoms with Crippen LogP contribution in [0.4, 0.5) is 15.0 Å². The van der Waals surface area contributed by atoms with Crippen molar-refractivity contribution in [3.05, 3.63) is 93.7 Å². The quantitative estimate of drug-likeness (QED) is 0.421. The van der Waals surface area contributed by atoms with Gasteiger partial charge in [0.1, 0.15) is 11.6 Å². The molecule has 172 valence electrons. The monoisotopic (exact) mass is 458 g/mol. The number of H-pyrrole nitrogens is 1. The van der Waals surface area contributed by atoms with Crippen molar-refractivity contribution in [3.8, 4) is 17.2 Å². The maximum absolute atomic E-state index is 13.1. The van der Waals surface area contributed by atoms with Crippen molar-refractivity contribution >= 4 is 11.8 Å². The number of aromatic nitrogens is 4. The molecule has 0 saturated carbocycles. The van der Waals surface area contributed by atoms with Crippen molar-refractivity contribution in [1.82, 2.24) is 25.1 Å². The fourth-order valence-corrected chi connectivity index (χ4v) is 4.02. The van der Waals surface area contributed by atoms with Gasteiger partial charge in [-0.05, 0) is 43.4 Å². The van der Waals surface area contributed by atoms with Crippen LogP contribution >= 0.6 is 0 Å². The molecule has 2 aromatic carbocycles. The molecule has 0 atom stereocenters. The molecule has 3 N–H and O–H groups in total. The molecule has 0 unspecified atom stereocenters. The van der Waals surface area contributed by atoms with Gasteiger partial charge in [-0.3, -0.25) is 15.1 Å². The van der Waals surface area contributed by atoms with Gasteiger partial charge in [0.25, 0.3) is 5.56 Å². The van der Waals surface area contributed by atoms with Gasteiger partial charge in [0.05, 0.1) is 11.4 Å². The highest BCUT2D eigenvalue weighted by Gasteiger charge is 2.20. The molecule has 1 aliphatic rings. The van der Waals surface area contributed by atoms with Gasteiger partial charge in [-0.2, -0.15) is 9.78 Å². The van der Waals surface area contributed by atoms with Gasteiger partial charge in [-0.15, -0.1) is 0 Å². The summed E-state index contributed by atoms with van der Waals surface area (Å²) in [4.78, 5) is 32.8. The van der Waals surface area contributed by atoms with Crippen LogP contribution in [-0.4, -0.2) is 25.8 Å². The minimum Gasteiger partial charge on any atom is -0.334 e. The molecule has 4 aromatic rings. The first-order valence-electron chi connectivity index (χ1n) is 11.1. The number of hydrogen-bond donors (Lipinski definition) is 3. The van der Waals surface area contributed by atoms with Gasteiger partial charge in [0, 0.05) is 23.7 Å². The number of carbonyl (C=O) groups is 1. The third-order valence-electron chi connectivity index (χ3n) is 5.77. The second-order valence-electron chi connectivity index (χ2n) is 8.15. The first-order chi connectivity index (χ1) is 16.6. The molecular formula is C25H23FN6O2. The van der Waals surface area contributed by atoms with Crippen molar-refractivity contribution < 1.29 is 9.18 Å². The highest BCUT2D eigenvalue weighted by Crippen LogP contribution is 2.24. The van der Waals surface area contributed by atoms with Crippen molar-refractivity contribution in [2.24, 2.45) is 0 Å². The number of aryl methyl sites for hydroxylation is 1. The maximum Gasteiger partial charge on any atom is 0.320 e. The lowest BCUT2D eigenvalue weighted by Crippen LogP contribution is -2.30. The Kier molecular flexibility index (Phi) is 5.90. The van der Waals surface area contributed by atoms with Crippen molar-refractivity contribution in [2.45, 2.75) is 32.2 Å². The number of hydrogen-bond acceptors (Lipinski definition) is 4. The summed E-state index contributed by atoms with van der Waals surface area (Å²) in [5.74, 6) is 0.271. The molecule has 34 heavy (non-hydrogen) atoms. The second kappa shape index (κ2) is 9.30. The Morgan fingerprint density at radius 1 is 1.06 bits per heavy atom. The van der Waals surface area contributed by atoms with Gasteiger partial charge >= 0.3 is 6.03 Å². The van der Waals surface area contributed by atoms with Crippen LogP contribution in [-0.2, 0) is 19.4 Å². The fourth-order valence-electron chi connectivity index (χ4n) is 4.02. The van der Waals surface area contributed by atoms with Crippen LogP contribution in [0.1, 0.15) is 29.7 Å². The average Bonchev–Trinajstić information content (AvgIpc) is 3.28. The number of nitrogens with one attached hydrogen (secondary N) is 3. The molecule has 1 aliphatic carbocycles. The second-order valence-corrected chi connectivity index (χ2v) is 8.15. The molecule has 0 aliphatic heterocycles. The van der Waals surface area contributed by atoms with Gasteiger partial charge in [0.2, 0.25) is 5.95 Å². The predicted molar refractivity (Wildman–Crippen MR) is 126 cm³/mol. The summed E-state index contributed by atoms with van der Waals surface area (Å²) in [6.45, 7) is 0.222. The first-order valence-corrected chi connectivity index (χ1v) is 11.1. The summed E-state index contributed by atoms with van der Waals surface area (Å²) < 4.78 is 14.6. The van der Waals surface area contributed by atoms with Crippen LogP contribution in [0.15, 0.2) is 65.5 Å². The van der Waals surface area contributed by atoms with E-state index in [-0.39, 0.29) is 23.9 Å². The zero-order valence-electron chi connectivity index (χ0n) is 18.3. The van der Waals surface area contributed by atoms with Crippen LogP contribution in [0.3, 0.4) is 0 Å². The largest absolute Gasteiger partial charge is 0.334 e. The van der Waals surface area contributed by atoms with Crippen molar-refractivity contribution in [3.63, 3.8) is 0 Å². The zero-order valence-corrected chi connectivity index (χ0v) is 18.3. The SMILES string of the molecule is O=C(NCc1ccc(F)cc1)Nc1cc(-c2ccccc2)nn1-c1nc2c(c(=O)[nH]1)CCCC2. The summed E-state index contributed by atoms with van der Waals surface area (Å²) >= 11 is 0. The molecular weight excluding hydrogens is 435 g/mol. The van der Waals surface area contributed by atoms with Crippen LogP contribution in [0, 0.1) is 5.82 Å².